The number of benzene rings is 2. The summed E-state index contributed by atoms with van der Waals surface area (Å²) in [7, 11) is 0. The number of hydrogen-bond donors (Lipinski definition) is 1. The molecule has 0 saturated heterocycles. The summed E-state index contributed by atoms with van der Waals surface area (Å²) in [4.78, 5) is 4.47. The quantitative estimate of drug-likeness (QED) is 0.523. The van der Waals surface area contributed by atoms with Crippen molar-refractivity contribution in [2.75, 3.05) is 5.32 Å². The maximum atomic E-state index is 13.4. The van der Waals surface area contributed by atoms with Crippen molar-refractivity contribution in [3.05, 3.63) is 77.5 Å². The van der Waals surface area contributed by atoms with Crippen molar-refractivity contribution >= 4 is 22.5 Å². The van der Waals surface area contributed by atoms with E-state index in [1.807, 2.05) is 24.4 Å². The Labute approximate surface area is 168 Å². The van der Waals surface area contributed by atoms with E-state index in [-0.39, 0.29) is 11.9 Å². The molecule has 146 valence electrons. The fourth-order valence-electron chi connectivity index (χ4n) is 4.18. The second-order valence-electron chi connectivity index (χ2n) is 7.45. The highest BCUT2D eigenvalue weighted by molar-refractivity contribution is 5.85. The summed E-state index contributed by atoms with van der Waals surface area (Å²) in [5, 5.41) is 13.5. The van der Waals surface area contributed by atoms with Crippen LogP contribution >= 0.6 is 0 Å². The maximum absolute atomic E-state index is 13.4. The molecule has 5 rings (SSSR count). The Balaban J connectivity index is 1.56. The summed E-state index contributed by atoms with van der Waals surface area (Å²) in [5.74, 6) is 1.48. The molecule has 29 heavy (non-hydrogen) atoms. The molecule has 2 aromatic heterocycles. The van der Waals surface area contributed by atoms with Gasteiger partial charge in [-0.2, -0.15) is 0 Å². The minimum atomic E-state index is -0.218. The molecular weight excluding hydrogens is 365 g/mol. The van der Waals surface area contributed by atoms with Gasteiger partial charge in [0.25, 0.3) is 0 Å². The van der Waals surface area contributed by atoms with Crippen LogP contribution in [0.25, 0.3) is 10.9 Å². The lowest BCUT2D eigenvalue weighted by Crippen LogP contribution is -2.20. The standard InChI is InChI=1S/C23H22FN5/c1-2-15-13-19-17(5-4-12-25-19)14-20(15)26-23-28-27-22-7-3-6-21(29(22)23)16-8-10-18(24)11-9-16/h4-5,8-14,21H,2-3,6-7H2,1H3,(H,26,28). The van der Waals surface area contributed by atoms with Gasteiger partial charge in [-0.1, -0.05) is 25.1 Å². The van der Waals surface area contributed by atoms with Gasteiger partial charge in [-0.05, 0) is 60.7 Å². The fraction of sp³-hybridized carbons (Fsp3) is 0.261. The summed E-state index contributed by atoms with van der Waals surface area (Å²) in [6.07, 6.45) is 5.62. The zero-order chi connectivity index (χ0) is 19.8. The van der Waals surface area contributed by atoms with E-state index in [0.29, 0.717) is 0 Å². The van der Waals surface area contributed by atoms with Gasteiger partial charge >= 0.3 is 0 Å². The predicted molar refractivity (Wildman–Crippen MR) is 112 cm³/mol. The van der Waals surface area contributed by atoms with Crippen LogP contribution in [-0.2, 0) is 12.8 Å². The van der Waals surface area contributed by atoms with Crippen LogP contribution in [0.5, 0.6) is 0 Å². The molecule has 0 radical (unpaired) electrons. The van der Waals surface area contributed by atoms with Gasteiger partial charge in [0.15, 0.2) is 0 Å². The van der Waals surface area contributed by atoms with E-state index in [9.17, 15) is 4.39 Å². The van der Waals surface area contributed by atoms with Gasteiger partial charge in [-0.3, -0.25) is 9.55 Å². The van der Waals surface area contributed by atoms with Crippen LogP contribution in [0.4, 0.5) is 16.0 Å². The molecule has 3 heterocycles. The lowest BCUT2D eigenvalue weighted by molar-refractivity contribution is 0.454. The molecule has 1 unspecified atom stereocenters. The largest absolute Gasteiger partial charge is 0.324 e. The number of fused-ring (bicyclic) bond motifs is 2. The number of halogens is 1. The smallest absolute Gasteiger partial charge is 0.229 e. The van der Waals surface area contributed by atoms with Gasteiger partial charge in [-0.25, -0.2) is 4.39 Å². The molecule has 6 heteroatoms. The third-order valence-electron chi connectivity index (χ3n) is 5.67. The number of nitrogens with one attached hydrogen (secondary N) is 1. The number of aryl methyl sites for hydroxylation is 2. The van der Waals surface area contributed by atoms with Crippen LogP contribution < -0.4 is 5.32 Å². The molecule has 0 fully saturated rings. The van der Waals surface area contributed by atoms with Crippen LogP contribution in [0, 0.1) is 5.82 Å². The van der Waals surface area contributed by atoms with E-state index < -0.39 is 0 Å². The summed E-state index contributed by atoms with van der Waals surface area (Å²) in [5.41, 5.74) is 4.27. The highest BCUT2D eigenvalue weighted by atomic mass is 19.1. The first-order valence-electron chi connectivity index (χ1n) is 10.1. The normalized spacial score (nSPS) is 16.0. The van der Waals surface area contributed by atoms with Crippen LogP contribution in [0.15, 0.2) is 54.7 Å². The second kappa shape index (κ2) is 7.28. The van der Waals surface area contributed by atoms with E-state index in [0.717, 1.165) is 59.6 Å². The van der Waals surface area contributed by atoms with E-state index in [2.05, 4.69) is 50.2 Å². The molecule has 1 aliphatic heterocycles. The number of pyridine rings is 1. The van der Waals surface area contributed by atoms with Crippen LogP contribution in [0.2, 0.25) is 0 Å². The van der Waals surface area contributed by atoms with Crippen molar-refractivity contribution in [1.29, 1.82) is 0 Å². The number of aromatic nitrogens is 4. The van der Waals surface area contributed by atoms with E-state index in [1.165, 1.54) is 17.7 Å². The summed E-state index contributed by atoms with van der Waals surface area (Å²) in [6, 6.07) is 15.1. The van der Waals surface area contributed by atoms with E-state index in [1.54, 1.807) is 0 Å². The minimum absolute atomic E-state index is 0.101. The first-order valence-corrected chi connectivity index (χ1v) is 10.1. The van der Waals surface area contributed by atoms with Gasteiger partial charge in [0.1, 0.15) is 11.6 Å². The van der Waals surface area contributed by atoms with Gasteiger partial charge in [0.2, 0.25) is 5.95 Å². The molecule has 0 saturated carbocycles. The zero-order valence-electron chi connectivity index (χ0n) is 16.3. The van der Waals surface area contributed by atoms with Gasteiger partial charge in [0, 0.05) is 23.7 Å². The minimum Gasteiger partial charge on any atom is -0.324 e. The zero-order valence-corrected chi connectivity index (χ0v) is 16.3. The van der Waals surface area contributed by atoms with E-state index >= 15 is 0 Å². The molecule has 1 atom stereocenters. The number of nitrogens with zero attached hydrogens (tertiary/aromatic N) is 4. The third-order valence-corrected chi connectivity index (χ3v) is 5.67. The lowest BCUT2D eigenvalue weighted by atomic mass is 9.97. The summed E-state index contributed by atoms with van der Waals surface area (Å²) < 4.78 is 15.6. The van der Waals surface area contributed by atoms with Crippen LogP contribution in [0.3, 0.4) is 0 Å². The number of anilines is 2. The Bertz CT molecular complexity index is 1170. The van der Waals surface area contributed by atoms with Gasteiger partial charge in [0.05, 0.1) is 11.6 Å². The average Bonchev–Trinajstić information content (AvgIpc) is 3.17. The topological polar surface area (TPSA) is 55.6 Å². The molecule has 1 N–H and O–H groups in total. The molecule has 1 aliphatic rings. The van der Waals surface area contributed by atoms with Crippen molar-refractivity contribution in [1.82, 2.24) is 19.7 Å². The molecule has 0 amide bonds. The van der Waals surface area contributed by atoms with Crippen LogP contribution in [0.1, 0.15) is 42.8 Å². The SMILES string of the molecule is CCc1cc2ncccc2cc1Nc1nnc2n1C(c1ccc(F)cc1)CCC2. The molecular formula is C23H22FN5. The Morgan fingerprint density at radius 2 is 2.00 bits per heavy atom. The monoisotopic (exact) mass is 387 g/mol. The third kappa shape index (κ3) is 3.24. The second-order valence-corrected chi connectivity index (χ2v) is 7.45. The number of rotatable bonds is 4. The fourth-order valence-corrected chi connectivity index (χ4v) is 4.18. The molecule has 0 spiro atoms. The Morgan fingerprint density at radius 1 is 1.14 bits per heavy atom. The van der Waals surface area contributed by atoms with E-state index in [4.69, 9.17) is 0 Å². The maximum Gasteiger partial charge on any atom is 0.229 e. The predicted octanol–water partition coefficient (Wildman–Crippen LogP) is 5.20. The van der Waals surface area contributed by atoms with Crippen molar-refractivity contribution in [2.45, 2.75) is 38.6 Å². The van der Waals surface area contributed by atoms with Gasteiger partial charge < -0.3 is 5.32 Å². The highest BCUT2D eigenvalue weighted by Gasteiger charge is 2.26. The molecule has 0 aliphatic carbocycles. The lowest BCUT2D eigenvalue weighted by Gasteiger charge is -2.27. The summed E-state index contributed by atoms with van der Waals surface area (Å²) >= 11 is 0. The van der Waals surface area contributed by atoms with Crippen LogP contribution in [-0.4, -0.2) is 19.7 Å². The molecule has 5 nitrogen and oxygen atoms in total. The molecule has 0 bridgehead atoms. The summed E-state index contributed by atoms with van der Waals surface area (Å²) in [6.45, 7) is 2.13. The molecule has 4 aromatic rings. The first kappa shape index (κ1) is 17.8. The highest BCUT2D eigenvalue weighted by Crippen LogP contribution is 2.35. The van der Waals surface area contributed by atoms with Gasteiger partial charge in [-0.15, -0.1) is 10.2 Å². The molecule has 2 aromatic carbocycles. The van der Waals surface area contributed by atoms with Crippen molar-refractivity contribution < 1.29 is 4.39 Å². The number of hydrogen-bond acceptors (Lipinski definition) is 4. The first-order chi connectivity index (χ1) is 14.2. The van der Waals surface area contributed by atoms with Crippen molar-refractivity contribution in [3.63, 3.8) is 0 Å². The van der Waals surface area contributed by atoms with Crippen molar-refractivity contribution in [3.8, 4) is 0 Å². The average molecular weight is 387 g/mol. The Kier molecular flexibility index (Phi) is 4.46. The Morgan fingerprint density at radius 3 is 2.83 bits per heavy atom. The van der Waals surface area contributed by atoms with Crippen molar-refractivity contribution in [2.24, 2.45) is 0 Å². The Hall–Kier alpha value is -3.28.